The molecule has 0 saturated heterocycles. The summed E-state index contributed by atoms with van der Waals surface area (Å²) in [6, 6.07) is 12.8. The van der Waals surface area contributed by atoms with E-state index in [1.54, 1.807) is 24.3 Å². The van der Waals surface area contributed by atoms with Crippen LogP contribution in [-0.4, -0.2) is 30.9 Å². The molecule has 1 aromatic heterocycles. The third-order valence-corrected chi connectivity index (χ3v) is 5.08. The van der Waals surface area contributed by atoms with Gasteiger partial charge in [0.2, 0.25) is 0 Å². The molecule has 132 valence electrons. The molecule has 2 aromatic carbocycles. The molecule has 1 N–H and O–H groups in total. The van der Waals surface area contributed by atoms with E-state index in [2.05, 4.69) is 21.4 Å². The number of hydrogen-bond acceptors (Lipinski definition) is 5. The van der Waals surface area contributed by atoms with Crippen molar-refractivity contribution in [3.8, 4) is 23.5 Å². The first-order valence-corrected chi connectivity index (χ1v) is 10.0. The van der Waals surface area contributed by atoms with Gasteiger partial charge in [-0.05, 0) is 55.2 Å². The normalized spacial score (nSPS) is 11.5. The van der Waals surface area contributed by atoms with Crippen molar-refractivity contribution in [2.75, 3.05) is 11.6 Å². The van der Waals surface area contributed by atoms with Crippen LogP contribution in [0.5, 0.6) is 0 Å². The number of benzene rings is 2. The third kappa shape index (κ3) is 3.53. The highest BCUT2D eigenvalue weighted by Crippen LogP contribution is 2.29. The van der Waals surface area contributed by atoms with Crippen LogP contribution >= 0.6 is 0 Å². The maximum atomic E-state index is 11.6. The molecule has 0 aliphatic rings. The van der Waals surface area contributed by atoms with Crippen LogP contribution in [0.3, 0.4) is 0 Å². The Bertz CT molecular complexity index is 1110. The van der Waals surface area contributed by atoms with E-state index in [0.29, 0.717) is 10.6 Å². The summed E-state index contributed by atoms with van der Waals surface area (Å²) in [5.74, 6) is 2.57. The largest absolute Gasteiger partial charge is 0.380 e. The van der Waals surface area contributed by atoms with Gasteiger partial charge in [0.15, 0.2) is 15.5 Å². The van der Waals surface area contributed by atoms with Crippen LogP contribution in [0.15, 0.2) is 47.4 Å². The predicted octanol–water partition coefficient (Wildman–Crippen LogP) is 3.50. The van der Waals surface area contributed by atoms with E-state index >= 15 is 0 Å². The van der Waals surface area contributed by atoms with Gasteiger partial charge in [-0.25, -0.2) is 8.42 Å². The summed E-state index contributed by atoms with van der Waals surface area (Å²) in [6.07, 6.45) is 6.74. The molecule has 0 saturated carbocycles. The Balaban J connectivity index is 2.09. The fraction of sp³-hybridized carbons (Fsp3) is 0.200. The van der Waals surface area contributed by atoms with Gasteiger partial charge in [-0.15, -0.1) is 16.6 Å². The predicted molar refractivity (Wildman–Crippen MR) is 105 cm³/mol. The molecule has 0 amide bonds. The molecule has 0 aliphatic carbocycles. The molecule has 3 rings (SSSR count). The molecule has 0 radical (unpaired) electrons. The second kappa shape index (κ2) is 6.77. The molecule has 1 heterocycles. The Morgan fingerprint density at radius 2 is 1.69 bits per heavy atom. The number of hydrogen-bond donors (Lipinski definition) is 1. The fourth-order valence-electron chi connectivity index (χ4n) is 2.72. The number of fused-ring (bicyclic) bond motifs is 1. The SMILES string of the molecule is C#Cc1nnc2cc(-c3ccc(S(C)(=O)=O)cc3)ccc2c1NC(C)C. The summed E-state index contributed by atoms with van der Waals surface area (Å²) in [6.45, 7) is 4.06. The van der Waals surface area contributed by atoms with E-state index in [9.17, 15) is 8.42 Å². The zero-order chi connectivity index (χ0) is 18.9. The molecule has 0 atom stereocenters. The Labute approximate surface area is 153 Å². The molecule has 0 aliphatic heterocycles. The Morgan fingerprint density at radius 3 is 2.27 bits per heavy atom. The topological polar surface area (TPSA) is 72.0 Å². The number of sulfone groups is 1. The first kappa shape index (κ1) is 17.9. The van der Waals surface area contributed by atoms with Gasteiger partial charge in [0.1, 0.15) is 0 Å². The first-order chi connectivity index (χ1) is 12.3. The number of anilines is 1. The summed E-state index contributed by atoms with van der Waals surface area (Å²) in [5, 5.41) is 12.6. The van der Waals surface area contributed by atoms with E-state index in [1.165, 1.54) is 6.26 Å². The van der Waals surface area contributed by atoms with Gasteiger partial charge in [-0.3, -0.25) is 0 Å². The lowest BCUT2D eigenvalue weighted by Gasteiger charge is -2.14. The zero-order valence-corrected chi connectivity index (χ0v) is 15.6. The number of nitrogens with zero attached hydrogens (tertiary/aromatic N) is 2. The first-order valence-electron chi connectivity index (χ1n) is 8.13. The van der Waals surface area contributed by atoms with Crippen LogP contribution < -0.4 is 5.32 Å². The van der Waals surface area contributed by atoms with E-state index in [-0.39, 0.29) is 6.04 Å². The average Bonchev–Trinajstić information content (AvgIpc) is 2.60. The smallest absolute Gasteiger partial charge is 0.175 e. The van der Waals surface area contributed by atoms with E-state index in [1.807, 2.05) is 32.0 Å². The molecular formula is C20H19N3O2S. The number of nitrogens with one attached hydrogen (secondary N) is 1. The number of aromatic nitrogens is 2. The molecule has 0 spiro atoms. The van der Waals surface area contributed by atoms with Gasteiger partial charge in [0, 0.05) is 17.7 Å². The summed E-state index contributed by atoms with van der Waals surface area (Å²) in [7, 11) is -3.21. The Kier molecular flexibility index (Phi) is 4.66. The minimum Gasteiger partial charge on any atom is -0.380 e. The van der Waals surface area contributed by atoms with Crippen molar-refractivity contribution in [1.29, 1.82) is 0 Å². The van der Waals surface area contributed by atoms with Gasteiger partial charge in [-0.2, -0.15) is 0 Å². The second-order valence-corrected chi connectivity index (χ2v) is 8.41. The van der Waals surface area contributed by atoms with Crippen LogP contribution in [0.25, 0.3) is 22.0 Å². The van der Waals surface area contributed by atoms with Crippen molar-refractivity contribution >= 4 is 26.4 Å². The Hall–Kier alpha value is -2.91. The van der Waals surface area contributed by atoms with Crippen molar-refractivity contribution in [3.05, 3.63) is 48.2 Å². The third-order valence-electron chi connectivity index (χ3n) is 3.95. The maximum Gasteiger partial charge on any atom is 0.175 e. The molecule has 0 bridgehead atoms. The van der Waals surface area contributed by atoms with E-state index < -0.39 is 9.84 Å². The quantitative estimate of drug-likeness (QED) is 0.717. The highest BCUT2D eigenvalue weighted by Gasteiger charge is 2.12. The molecule has 0 unspecified atom stereocenters. The summed E-state index contributed by atoms with van der Waals surface area (Å²) in [4.78, 5) is 0.295. The molecule has 5 nitrogen and oxygen atoms in total. The van der Waals surface area contributed by atoms with Crippen molar-refractivity contribution in [3.63, 3.8) is 0 Å². The molecule has 0 fully saturated rings. The molecule has 3 aromatic rings. The highest BCUT2D eigenvalue weighted by atomic mass is 32.2. The van der Waals surface area contributed by atoms with Crippen molar-refractivity contribution < 1.29 is 8.42 Å². The van der Waals surface area contributed by atoms with Crippen LogP contribution in [0, 0.1) is 12.3 Å². The number of rotatable bonds is 4. The minimum atomic E-state index is -3.21. The zero-order valence-electron chi connectivity index (χ0n) is 14.8. The molecular weight excluding hydrogens is 346 g/mol. The summed E-state index contributed by atoms with van der Waals surface area (Å²) in [5.41, 5.74) is 3.83. The highest BCUT2D eigenvalue weighted by molar-refractivity contribution is 7.90. The van der Waals surface area contributed by atoms with Crippen molar-refractivity contribution in [1.82, 2.24) is 10.2 Å². The second-order valence-electron chi connectivity index (χ2n) is 6.40. The Morgan fingerprint density at radius 1 is 1.04 bits per heavy atom. The van der Waals surface area contributed by atoms with Crippen LogP contribution in [0.1, 0.15) is 19.5 Å². The van der Waals surface area contributed by atoms with Crippen molar-refractivity contribution in [2.45, 2.75) is 24.8 Å². The fourth-order valence-corrected chi connectivity index (χ4v) is 3.35. The lowest BCUT2D eigenvalue weighted by atomic mass is 10.0. The van der Waals surface area contributed by atoms with Crippen LogP contribution in [0.2, 0.25) is 0 Å². The van der Waals surface area contributed by atoms with Gasteiger partial charge in [-0.1, -0.05) is 18.2 Å². The summed E-state index contributed by atoms with van der Waals surface area (Å²) >= 11 is 0. The lowest BCUT2D eigenvalue weighted by Crippen LogP contribution is -2.12. The standard InChI is InChI=1S/C20H19N3O2S/c1-5-18-20(21-13(2)3)17-11-8-15(12-19(17)23-22-18)14-6-9-16(10-7-14)26(4,24)25/h1,6-13H,2-4H3,(H,21,23). The van der Waals surface area contributed by atoms with Gasteiger partial charge in [0.05, 0.1) is 16.1 Å². The molecule has 26 heavy (non-hydrogen) atoms. The summed E-state index contributed by atoms with van der Waals surface area (Å²) < 4.78 is 23.2. The van der Waals surface area contributed by atoms with E-state index in [4.69, 9.17) is 6.42 Å². The van der Waals surface area contributed by atoms with Gasteiger partial charge >= 0.3 is 0 Å². The van der Waals surface area contributed by atoms with Crippen LogP contribution in [-0.2, 0) is 9.84 Å². The van der Waals surface area contributed by atoms with Gasteiger partial charge in [0.25, 0.3) is 0 Å². The van der Waals surface area contributed by atoms with Crippen LogP contribution in [0.4, 0.5) is 5.69 Å². The minimum absolute atomic E-state index is 0.206. The van der Waals surface area contributed by atoms with Gasteiger partial charge < -0.3 is 5.32 Å². The maximum absolute atomic E-state index is 11.6. The monoisotopic (exact) mass is 365 g/mol. The lowest BCUT2D eigenvalue weighted by molar-refractivity contribution is 0.602. The number of terminal acetylenes is 1. The average molecular weight is 365 g/mol. The molecule has 6 heteroatoms. The van der Waals surface area contributed by atoms with Crippen molar-refractivity contribution in [2.24, 2.45) is 0 Å². The van der Waals surface area contributed by atoms with E-state index in [0.717, 1.165) is 27.7 Å².